The number of anilines is 1. The van der Waals surface area contributed by atoms with Gasteiger partial charge in [0.25, 0.3) is 0 Å². The molecule has 0 aliphatic rings. The van der Waals surface area contributed by atoms with Crippen LogP contribution in [0.15, 0.2) is 59.3 Å². The summed E-state index contributed by atoms with van der Waals surface area (Å²) in [4.78, 5) is 4.16. The van der Waals surface area contributed by atoms with Crippen molar-refractivity contribution >= 4 is 32.4 Å². The molecule has 4 heteroatoms. The first-order chi connectivity index (χ1) is 10.3. The van der Waals surface area contributed by atoms with Crippen molar-refractivity contribution in [1.82, 2.24) is 4.98 Å². The molecule has 0 aliphatic heterocycles. The smallest absolute Gasteiger partial charge is 0.135 e. The number of hydrogen-bond donors (Lipinski definition) is 1. The average molecular weight is 343 g/mol. The van der Waals surface area contributed by atoms with Gasteiger partial charge in [-0.05, 0) is 45.1 Å². The molecule has 0 bridgehead atoms. The maximum absolute atomic E-state index is 5.31. The Kier molecular flexibility index (Phi) is 4.06. The van der Waals surface area contributed by atoms with E-state index >= 15 is 0 Å². The molecule has 0 aliphatic carbocycles. The summed E-state index contributed by atoms with van der Waals surface area (Å²) >= 11 is 3.46. The zero-order valence-electron chi connectivity index (χ0n) is 11.6. The van der Waals surface area contributed by atoms with Crippen molar-refractivity contribution in [1.29, 1.82) is 0 Å². The van der Waals surface area contributed by atoms with Crippen molar-refractivity contribution in [3.63, 3.8) is 0 Å². The maximum Gasteiger partial charge on any atom is 0.135 e. The van der Waals surface area contributed by atoms with Gasteiger partial charge in [0.1, 0.15) is 5.75 Å². The molecule has 0 radical (unpaired) electrons. The number of ether oxygens (including phenoxy) is 1. The van der Waals surface area contributed by atoms with Crippen molar-refractivity contribution in [3.8, 4) is 5.75 Å². The molecule has 1 N–H and O–H groups in total. The van der Waals surface area contributed by atoms with Crippen molar-refractivity contribution in [2.24, 2.45) is 0 Å². The van der Waals surface area contributed by atoms with Crippen molar-refractivity contribution in [3.05, 3.63) is 64.9 Å². The van der Waals surface area contributed by atoms with E-state index in [2.05, 4.69) is 50.5 Å². The van der Waals surface area contributed by atoms with Gasteiger partial charge < -0.3 is 10.1 Å². The monoisotopic (exact) mass is 342 g/mol. The Labute approximate surface area is 132 Å². The number of pyridine rings is 1. The van der Waals surface area contributed by atoms with E-state index in [1.807, 2.05) is 30.6 Å². The topological polar surface area (TPSA) is 34.1 Å². The Bertz CT molecular complexity index is 768. The molecule has 3 aromatic rings. The second-order valence-electron chi connectivity index (χ2n) is 4.72. The van der Waals surface area contributed by atoms with Crippen molar-refractivity contribution < 1.29 is 4.74 Å². The summed E-state index contributed by atoms with van der Waals surface area (Å²) in [7, 11) is 1.67. The molecule has 2 aromatic carbocycles. The van der Waals surface area contributed by atoms with Crippen LogP contribution in [0.2, 0.25) is 0 Å². The normalized spacial score (nSPS) is 10.6. The van der Waals surface area contributed by atoms with Gasteiger partial charge in [-0.25, -0.2) is 0 Å². The van der Waals surface area contributed by atoms with Crippen molar-refractivity contribution in [2.45, 2.75) is 6.54 Å². The fourth-order valence-electron chi connectivity index (χ4n) is 2.31. The second kappa shape index (κ2) is 6.14. The van der Waals surface area contributed by atoms with Crippen LogP contribution in [0, 0.1) is 0 Å². The van der Waals surface area contributed by atoms with Crippen LogP contribution in [0.3, 0.4) is 0 Å². The minimum absolute atomic E-state index is 0.756. The lowest BCUT2D eigenvalue weighted by Crippen LogP contribution is -2.00. The average Bonchev–Trinajstić information content (AvgIpc) is 2.54. The van der Waals surface area contributed by atoms with Crippen LogP contribution in [0.25, 0.3) is 10.8 Å². The van der Waals surface area contributed by atoms with Gasteiger partial charge in [-0.1, -0.05) is 18.2 Å². The van der Waals surface area contributed by atoms with Crippen LogP contribution >= 0.6 is 15.9 Å². The van der Waals surface area contributed by atoms with Gasteiger partial charge >= 0.3 is 0 Å². The highest BCUT2D eigenvalue weighted by Crippen LogP contribution is 2.28. The van der Waals surface area contributed by atoms with Crippen molar-refractivity contribution in [2.75, 3.05) is 12.4 Å². The summed E-state index contributed by atoms with van der Waals surface area (Å²) in [5.41, 5.74) is 2.28. The molecule has 0 saturated carbocycles. The zero-order valence-corrected chi connectivity index (χ0v) is 13.2. The molecule has 0 saturated heterocycles. The molecule has 3 nitrogen and oxygen atoms in total. The lowest BCUT2D eigenvalue weighted by atomic mass is 10.1. The summed E-state index contributed by atoms with van der Waals surface area (Å²) in [5, 5.41) is 5.82. The second-order valence-corrected chi connectivity index (χ2v) is 5.57. The molecule has 0 amide bonds. The third-order valence-corrected chi connectivity index (χ3v) is 4.06. The van der Waals surface area contributed by atoms with E-state index in [0.29, 0.717) is 0 Å². The summed E-state index contributed by atoms with van der Waals surface area (Å²) in [5.74, 6) is 0.821. The molecule has 1 aromatic heterocycles. The van der Waals surface area contributed by atoms with Crippen LogP contribution in [0.5, 0.6) is 5.75 Å². The number of halogens is 1. The van der Waals surface area contributed by atoms with Gasteiger partial charge in [0, 0.05) is 36.1 Å². The highest BCUT2D eigenvalue weighted by atomic mass is 79.9. The molecule has 3 rings (SSSR count). The SMILES string of the molecule is COc1cc(NCc2cccc3cnccc23)ccc1Br. The van der Waals surface area contributed by atoms with Gasteiger partial charge in [-0.2, -0.15) is 0 Å². The summed E-state index contributed by atoms with van der Waals surface area (Å²) in [6.45, 7) is 0.756. The van der Waals surface area contributed by atoms with Crippen LogP contribution in [-0.2, 0) is 6.54 Å². The van der Waals surface area contributed by atoms with E-state index in [-0.39, 0.29) is 0 Å². The van der Waals surface area contributed by atoms with E-state index in [0.717, 1.165) is 27.8 Å². The molecular formula is C17H15BrN2O. The Hall–Kier alpha value is -2.07. The Balaban J connectivity index is 1.83. The highest BCUT2D eigenvalue weighted by Gasteiger charge is 2.03. The van der Waals surface area contributed by atoms with Gasteiger partial charge in [-0.3, -0.25) is 4.98 Å². The van der Waals surface area contributed by atoms with Crippen LogP contribution in [-0.4, -0.2) is 12.1 Å². The minimum Gasteiger partial charge on any atom is -0.495 e. The molecule has 0 atom stereocenters. The predicted molar refractivity (Wildman–Crippen MR) is 89.8 cm³/mol. The number of aromatic nitrogens is 1. The first kappa shape index (κ1) is 13.9. The minimum atomic E-state index is 0.756. The largest absolute Gasteiger partial charge is 0.495 e. The standard InChI is InChI=1S/C17H15BrN2O/c1-21-17-9-14(5-6-16(17)18)20-11-13-4-2-3-12-10-19-8-7-15(12)13/h2-10,20H,11H2,1H3. The van der Waals surface area contributed by atoms with Gasteiger partial charge in [0.2, 0.25) is 0 Å². The van der Waals surface area contributed by atoms with Gasteiger partial charge in [-0.15, -0.1) is 0 Å². The van der Waals surface area contributed by atoms with E-state index in [9.17, 15) is 0 Å². The molecule has 0 fully saturated rings. The Morgan fingerprint density at radius 1 is 1.19 bits per heavy atom. The molecule has 0 unspecified atom stereocenters. The van der Waals surface area contributed by atoms with E-state index in [1.165, 1.54) is 10.9 Å². The first-order valence-corrected chi connectivity index (χ1v) is 7.46. The maximum atomic E-state index is 5.31. The number of hydrogen-bond acceptors (Lipinski definition) is 3. The first-order valence-electron chi connectivity index (χ1n) is 6.67. The van der Waals surface area contributed by atoms with E-state index in [4.69, 9.17) is 4.74 Å². The number of rotatable bonds is 4. The molecular weight excluding hydrogens is 328 g/mol. The Morgan fingerprint density at radius 2 is 2.10 bits per heavy atom. The summed E-state index contributed by atoms with van der Waals surface area (Å²) in [6.07, 6.45) is 3.72. The zero-order chi connectivity index (χ0) is 14.7. The fourth-order valence-corrected chi connectivity index (χ4v) is 2.72. The number of methoxy groups -OCH3 is 1. The predicted octanol–water partition coefficient (Wildman–Crippen LogP) is 4.62. The number of benzene rings is 2. The van der Waals surface area contributed by atoms with Gasteiger partial charge in [0.05, 0.1) is 11.6 Å². The van der Waals surface area contributed by atoms with Crippen LogP contribution in [0.4, 0.5) is 5.69 Å². The lowest BCUT2D eigenvalue weighted by Gasteiger charge is -2.11. The third kappa shape index (κ3) is 3.00. The molecule has 21 heavy (non-hydrogen) atoms. The van der Waals surface area contributed by atoms with Crippen LogP contribution < -0.4 is 10.1 Å². The highest BCUT2D eigenvalue weighted by molar-refractivity contribution is 9.10. The van der Waals surface area contributed by atoms with E-state index in [1.54, 1.807) is 7.11 Å². The number of fused-ring (bicyclic) bond motifs is 1. The molecule has 1 heterocycles. The molecule has 0 spiro atoms. The summed E-state index contributed by atoms with van der Waals surface area (Å²) in [6, 6.07) is 14.3. The fraction of sp³-hybridized carbons (Fsp3) is 0.118. The number of nitrogens with one attached hydrogen (secondary N) is 1. The van der Waals surface area contributed by atoms with E-state index < -0.39 is 0 Å². The van der Waals surface area contributed by atoms with Gasteiger partial charge in [0.15, 0.2) is 0 Å². The third-order valence-electron chi connectivity index (χ3n) is 3.41. The molecule has 106 valence electrons. The lowest BCUT2D eigenvalue weighted by molar-refractivity contribution is 0.412. The Morgan fingerprint density at radius 3 is 2.95 bits per heavy atom. The summed E-state index contributed by atoms with van der Waals surface area (Å²) < 4.78 is 6.26. The quantitative estimate of drug-likeness (QED) is 0.751. The number of nitrogens with zero attached hydrogens (tertiary/aromatic N) is 1. The van der Waals surface area contributed by atoms with Crippen LogP contribution in [0.1, 0.15) is 5.56 Å².